The van der Waals surface area contributed by atoms with E-state index in [1.165, 1.54) is 0 Å². The summed E-state index contributed by atoms with van der Waals surface area (Å²) in [5.41, 5.74) is 4.11. The molecule has 0 aromatic heterocycles. The molecule has 0 radical (unpaired) electrons. The van der Waals surface area contributed by atoms with Gasteiger partial charge in [0.15, 0.2) is 0 Å². The predicted molar refractivity (Wildman–Crippen MR) is 108 cm³/mol. The number of aliphatic hydroxyl groups is 1. The van der Waals surface area contributed by atoms with Gasteiger partial charge in [0.05, 0.1) is 0 Å². The fraction of sp³-hybridized carbons (Fsp3) is 0.0400. The van der Waals surface area contributed by atoms with Crippen LogP contribution in [0.2, 0.25) is 0 Å². The Morgan fingerprint density at radius 2 is 1.38 bits per heavy atom. The Bertz CT molecular complexity index is 1140. The van der Waals surface area contributed by atoms with Gasteiger partial charge in [0.25, 0.3) is 0 Å². The summed E-state index contributed by atoms with van der Waals surface area (Å²) < 4.78 is 0. The SMILES string of the molecule is OC1(c2cccc(-c3ccccc3)c2)C=Cc2cccc3cccc1c23. The van der Waals surface area contributed by atoms with Crippen molar-refractivity contribution < 1.29 is 5.11 Å². The minimum absolute atomic E-state index is 0.886. The van der Waals surface area contributed by atoms with Gasteiger partial charge in [-0.15, -0.1) is 0 Å². The molecule has 4 aromatic carbocycles. The van der Waals surface area contributed by atoms with Crippen LogP contribution in [0.5, 0.6) is 0 Å². The van der Waals surface area contributed by atoms with Gasteiger partial charge in [0.2, 0.25) is 0 Å². The molecule has 0 aliphatic heterocycles. The van der Waals surface area contributed by atoms with Gasteiger partial charge in [-0.05, 0) is 45.2 Å². The summed E-state index contributed by atoms with van der Waals surface area (Å²) in [4.78, 5) is 0. The van der Waals surface area contributed by atoms with Crippen molar-refractivity contribution >= 4 is 16.8 Å². The van der Waals surface area contributed by atoms with E-state index < -0.39 is 5.60 Å². The maximum Gasteiger partial charge on any atom is 0.134 e. The van der Waals surface area contributed by atoms with Crippen molar-refractivity contribution in [3.63, 3.8) is 0 Å². The van der Waals surface area contributed by atoms with Gasteiger partial charge in [-0.1, -0.05) is 91.0 Å². The Hall–Kier alpha value is -3.16. The fourth-order valence-electron chi connectivity index (χ4n) is 3.94. The molecule has 0 bridgehead atoms. The maximum absolute atomic E-state index is 11.7. The lowest BCUT2D eigenvalue weighted by molar-refractivity contribution is 0.136. The van der Waals surface area contributed by atoms with E-state index in [2.05, 4.69) is 48.5 Å². The lowest BCUT2D eigenvalue weighted by Crippen LogP contribution is -2.26. The molecule has 0 heterocycles. The Kier molecular flexibility index (Phi) is 3.31. The van der Waals surface area contributed by atoms with Crippen molar-refractivity contribution in [2.45, 2.75) is 5.60 Å². The van der Waals surface area contributed by atoms with E-state index in [9.17, 15) is 5.11 Å². The Balaban J connectivity index is 1.72. The standard InChI is InChI=1S/C25H18O/c26-25(22-13-5-12-21(17-22)18-7-2-1-3-8-18)16-15-20-10-4-9-19-11-6-14-23(25)24(19)20/h1-17,26H. The second kappa shape index (κ2) is 5.69. The molecule has 0 fully saturated rings. The van der Waals surface area contributed by atoms with Crippen molar-refractivity contribution in [2.24, 2.45) is 0 Å². The molecular weight excluding hydrogens is 316 g/mol. The molecule has 0 saturated heterocycles. The van der Waals surface area contributed by atoms with E-state index in [0.717, 1.165) is 38.6 Å². The van der Waals surface area contributed by atoms with E-state index in [1.54, 1.807) is 0 Å². The highest BCUT2D eigenvalue weighted by molar-refractivity contribution is 5.96. The first-order chi connectivity index (χ1) is 12.8. The van der Waals surface area contributed by atoms with Gasteiger partial charge in [0, 0.05) is 5.56 Å². The van der Waals surface area contributed by atoms with Crippen LogP contribution < -0.4 is 0 Å². The minimum atomic E-state index is -1.13. The number of rotatable bonds is 2. The van der Waals surface area contributed by atoms with E-state index in [4.69, 9.17) is 0 Å². The molecule has 4 aromatic rings. The second-order valence-corrected chi connectivity index (χ2v) is 6.80. The molecule has 0 saturated carbocycles. The van der Waals surface area contributed by atoms with Crippen molar-refractivity contribution in [1.29, 1.82) is 0 Å². The van der Waals surface area contributed by atoms with Crippen molar-refractivity contribution in [3.05, 3.63) is 114 Å². The van der Waals surface area contributed by atoms with Crippen LogP contribution in [0.25, 0.3) is 28.0 Å². The summed E-state index contributed by atoms with van der Waals surface area (Å²) in [6.07, 6.45) is 3.94. The van der Waals surface area contributed by atoms with E-state index in [1.807, 2.05) is 54.6 Å². The summed E-state index contributed by atoms with van der Waals surface area (Å²) in [6, 6.07) is 30.9. The third kappa shape index (κ3) is 2.22. The number of hydrogen-bond donors (Lipinski definition) is 1. The number of benzene rings is 4. The first-order valence-corrected chi connectivity index (χ1v) is 8.85. The van der Waals surface area contributed by atoms with Crippen molar-refractivity contribution in [1.82, 2.24) is 0 Å². The molecule has 0 amide bonds. The predicted octanol–water partition coefficient (Wildman–Crippen LogP) is 5.77. The summed E-state index contributed by atoms with van der Waals surface area (Å²) in [6.45, 7) is 0. The Labute approximate surface area is 152 Å². The molecule has 1 aliphatic rings. The summed E-state index contributed by atoms with van der Waals surface area (Å²) in [7, 11) is 0. The third-order valence-corrected chi connectivity index (χ3v) is 5.26. The first kappa shape index (κ1) is 15.1. The van der Waals surface area contributed by atoms with Gasteiger partial charge in [-0.25, -0.2) is 0 Å². The van der Waals surface area contributed by atoms with Gasteiger partial charge < -0.3 is 5.11 Å². The highest BCUT2D eigenvalue weighted by Crippen LogP contribution is 2.42. The minimum Gasteiger partial charge on any atom is -0.377 e. The largest absolute Gasteiger partial charge is 0.377 e. The highest BCUT2D eigenvalue weighted by atomic mass is 16.3. The van der Waals surface area contributed by atoms with Crippen LogP contribution in [0.1, 0.15) is 16.7 Å². The smallest absolute Gasteiger partial charge is 0.134 e. The van der Waals surface area contributed by atoms with Crippen LogP contribution in [-0.4, -0.2) is 5.11 Å². The summed E-state index contributed by atoms with van der Waals surface area (Å²) in [5, 5.41) is 14.0. The Morgan fingerprint density at radius 1 is 0.654 bits per heavy atom. The second-order valence-electron chi connectivity index (χ2n) is 6.80. The quantitative estimate of drug-likeness (QED) is 0.493. The zero-order chi connectivity index (χ0) is 17.6. The van der Waals surface area contributed by atoms with E-state index >= 15 is 0 Å². The molecule has 1 nitrogen and oxygen atoms in total. The maximum atomic E-state index is 11.7. The zero-order valence-corrected chi connectivity index (χ0v) is 14.3. The van der Waals surface area contributed by atoms with Gasteiger partial charge in [0.1, 0.15) is 5.60 Å². The molecule has 1 heteroatoms. The molecule has 0 spiro atoms. The zero-order valence-electron chi connectivity index (χ0n) is 14.3. The van der Waals surface area contributed by atoms with Crippen LogP contribution in [0.15, 0.2) is 97.1 Å². The molecule has 5 rings (SSSR count). The Morgan fingerprint density at radius 3 is 2.23 bits per heavy atom. The first-order valence-electron chi connectivity index (χ1n) is 8.85. The van der Waals surface area contributed by atoms with Crippen LogP contribution in [0.3, 0.4) is 0 Å². The van der Waals surface area contributed by atoms with Crippen LogP contribution in [0.4, 0.5) is 0 Å². The molecule has 1 atom stereocenters. The highest BCUT2D eigenvalue weighted by Gasteiger charge is 2.33. The van der Waals surface area contributed by atoms with E-state index in [0.29, 0.717) is 0 Å². The van der Waals surface area contributed by atoms with Gasteiger partial charge in [-0.3, -0.25) is 0 Å². The molecule has 1 N–H and O–H groups in total. The van der Waals surface area contributed by atoms with Crippen molar-refractivity contribution in [2.75, 3.05) is 0 Å². The molecular formula is C25H18O. The van der Waals surface area contributed by atoms with E-state index in [-0.39, 0.29) is 0 Å². The molecule has 1 unspecified atom stereocenters. The lowest BCUT2D eigenvalue weighted by atomic mass is 9.78. The van der Waals surface area contributed by atoms with Crippen molar-refractivity contribution in [3.8, 4) is 11.1 Å². The monoisotopic (exact) mass is 334 g/mol. The van der Waals surface area contributed by atoms with Crippen LogP contribution >= 0.6 is 0 Å². The number of hydrogen-bond acceptors (Lipinski definition) is 1. The van der Waals surface area contributed by atoms with Gasteiger partial charge >= 0.3 is 0 Å². The molecule has 26 heavy (non-hydrogen) atoms. The van der Waals surface area contributed by atoms with Crippen LogP contribution in [-0.2, 0) is 5.60 Å². The normalized spacial score (nSPS) is 18.2. The third-order valence-electron chi connectivity index (χ3n) is 5.26. The summed E-state index contributed by atoms with van der Waals surface area (Å²) in [5.74, 6) is 0. The average Bonchev–Trinajstić information content (AvgIpc) is 2.72. The van der Waals surface area contributed by atoms with Gasteiger partial charge in [-0.2, -0.15) is 0 Å². The molecule has 124 valence electrons. The molecule has 1 aliphatic carbocycles. The van der Waals surface area contributed by atoms with Crippen LogP contribution in [0, 0.1) is 0 Å². The lowest BCUT2D eigenvalue weighted by Gasteiger charge is -2.31. The summed E-state index contributed by atoms with van der Waals surface area (Å²) >= 11 is 0. The topological polar surface area (TPSA) is 20.2 Å². The average molecular weight is 334 g/mol. The fourth-order valence-corrected chi connectivity index (χ4v) is 3.94.